The van der Waals surface area contributed by atoms with E-state index in [0.29, 0.717) is 5.69 Å². The third-order valence-corrected chi connectivity index (χ3v) is 3.50. The average Bonchev–Trinajstić information content (AvgIpc) is 2.56. The molecule has 1 amide bonds. The monoisotopic (exact) mass is 311 g/mol. The first-order chi connectivity index (χ1) is 11.1. The number of amides is 1. The highest BCUT2D eigenvalue weighted by atomic mass is 16.5. The Morgan fingerprint density at radius 1 is 1.00 bits per heavy atom. The maximum Gasteiger partial charge on any atom is 0.311 e. The van der Waals surface area contributed by atoms with Crippen LogP contribution in [0, 0.1) is 0 Å². The van der Waals surface area contributed by atoms with Gasteiger partial charge < -0.3 is 10.1 Å². The van der Waals surface area contributed by atoms with Crippen molar-refractivity contribution in [2.45, 2.75) is 32.8 Å². The molecule has 4 nitrogen and oxygen atoms in total. The fourth-order valence-corrected chi connectivity index (χ4v) is 2.12. The molecule has 0 radical (unpaired) electrons. The van der Waals surface area contributed by atoms with Gasteiger partial charge in [0.05, 0.1) is 6.42 Å². The first kappa shape index (κ1) is 16.7. The van der Waals surface area contributed by atoms with Gasteiger partial charge in [0.1, 0.15) is 0 Å². The fourth-order valence-electron chi connectivity index (χ4n) is 2.12. The number of nitrogens with one attached hydrogen (secondary N) is 1. The minimum atomic E-state index is -0.836. The van der Waals surface area contributed by atoms with Crippen molar-refractivity contribution < 1.29 is 14.3 Å². The van der Waals surface area contributed by atoms with Crippen LogP contribution in [0.4, 0.5) is 5.69 Å². The van der Waals surface area contributed by atoms with Crippen molar-refractivity contribution in [1.29, 1.82) is 0 Å². The molecule has 0 aromatic heterocycles. The molecule has 0 saturated carbocycles. The lowest BCUT2D eigenvalue weighted by Crippen LogP contribution is -2.30. The summed E-state index contributed by atoms with van der Waals surface area (Å²) in [7, 11) is 0. The number of anilines is 1. The van der Waals surface area contributed by atoms with Crippen LogP contribution in [-0.4, -0.2) is 18.0 Å². The molecule has 2 aromatic carbocycles. The standard InChI is InChI=1S/C19H21NO3/c1-3-15-9-11-17(12-10-15)20-19(22)14(2)23-18(21)13-16-7-5-4-6-8-16/h4-12,14H,3,13H2,1-2H3,(H,20,22)/t14-/m0/s1. The summed E-state index contributed by atoms with van der Waals surface area (Å²) in [6.07, 6.45) is 0.267. The lowest BCUT2D eigenvalue weighted by molar-refractivity contribution is -0.152. The number of ether oxygens (including phenoxy) is 1. The summed E-state index contributed by atoms with van der Waals surface area (Å²) in [6.45, 7) is 3.64. The van der Waals surface area contributed by atoms with Crippen LogP contribution in [0.15, 0.2) is 54.6 Å². The normalized spacial score (nSPS) is 11.6. The number of benzene rings is 2. The molecule has 2 aromatic rings. The molecule has 0 spiro atoms. The highest BCUT2D eigenvalue weighted by Crippen LogP contribution is 2.11. The van der Waals surface area contributed by atoms with Crippen molar-refractivity contribution in [1.82, 2.24) is 0 Å². The predicted octanol–water partition coefficient (Wildman–Crippen LogP) is 3.36. The van der Waals surface area contributed by atoms with Gasteiger partial charge in [-0.05, 0) is 36.6 Å². The van der Waals surface area contributed by atoms with Gasteiger partial charge in [0, 0.05) is 5.69 Å². The quantitative estimate of drug-likeness (QED) is 0.832. The lowest BCUT2D eigenvalue weighted by Gasteiger charge is -2.14. The van der Waals surface area contributed by atoms with E-state index in [1.807, 2.05) is 54.6 Å². The van der Waals surface area contributed by atoms with E-state index in [1.54, 1.807) is 6.92 Å². The molecule has 0 aliphatic heterocycles. The largest absolute Gasteiger partial charge is 0.452 e. The highest BCUT2D eigenvalue weighted by Gasteiger charge is 2.18. The number of hydrogen-bond donors (Lipinski definition) is 1. The van der Waals surface area contributed by atoms with Gasteiger partial charge in [-0.25, -0.2) is 0 Å². The number of hydrogen-bond acceptors (Lipinski definition) is 3. The molecule has 23 heavy (non-hydrogen) atoms. The smallest absolute Gasteiger partial charge is 0.311 e. The summed E-state index contributed by atoms with van der Waals surface area (Å²) in [5.74, 6) is -0.754. The molecule has 0 fully saturated rings. The molecule has 4 heteroatoms. The van der Waals surface area contributed by atoms with Gasteiger partial charge in [0.25, 0.3) is 5.91 Å². The van der Waals surface area contributed by atoms with Crippen LogP contribution in [-0.2, 0) is 27.2 Å². The van der Waals surface area contributed by atoms with Crippen molar-refractivity contribution >= 4 is 17.6 Å². The summed E-state index contributed by atoms with van der Waals surface area (Å²) in [5.41, 5.74) is 2.75. The summed E-state index contributed by atoms with van der Waals surface area (Å²) in [4.78, 5) is 23.9. The molecule has 0 bridgehead atoms. The summed E-state index contributed by atoms with van der Waals surface area (Å²) in [5, 5.41) is 2.75. The molecule has 0 unspecified atom stereocenters. The molecule has 0 heterocycles. The number of rotatable bonds is 6. The van der Waals surface area contributed by atoms with E-state index >= 15 is 0 Å². The number of carbonyl (C=O) groups is 2. The van der Waals surface area contributed by atoms with Crippen LogP contribution in [0.5, 0.6) is 0 Å². The van der Waals surface area contributed by atoms with Gasteiger partial charge in [0.15, 0.2) is 6.10 Å². The molecular formula is C19H21NO3. The Hall–Kier alpha value is -2.62. The minimum Gasteiger partial charge on any atom is -0.452 e. The Balaban J connectivity index is 1.85. The zero-order chi connectivity index (χ0) is 16.7. The molecule has 120 valence electrons. The Kier molecular flexibility index (Phi) is 5.92. The van der Waals surface area contributed by atoms with E-state index < -0.39 is 12.1 Å². The lowest BCUT2D eigenvalue weighted by atomic mass is 10.1. The van der Waals surface area contributed by atoms with Crippen molar-refractivity contribution in [3.63, 3.8) is 0 Å². The van der Waals surface area contributed by atoms with Gasteiger partial charge in [-0.15, -0.1) is 0 Å². The van der Waals surface area contributed by atoms with Crippen LogP contribution in [0.2, 0.25) is 0 Å². The maximum absolute atomic E-state index is 12.1. The Labute approximate surface area is 136 Å². The van der Waals surface area contributed by atoms with E-state index in [0.717, 1.165) is 12.0 Å². The molecule has 0 aliphatic rings. The second-order valence-corrected chi connectivity index (χ2v) is 5.33. The van der Waals surface area contributed by atoms with Crippen LogP contribution in [0.3, 0.4) is 0 Å². The molecule has 0 saturated heterocycles. The van der Waals surface area contributed by atoms with Gasteiger partial charge in [-0.1, -0.05) is 49.4 Å². The van der Waals surface area contributed by atoms with E-state index in [2.05, 4.69) is 12.2 Å². The Morgan fingerprint density at radius 2 is 1.65 bits per heavy atom. The van der Waals surface area contributed by atoms with Crippen molar-refractivity contribution in [3.05, 3.63) is 65.7 Å². The van der Waals surface area contributed by atoms with Gasteiger partial charge in [-0.3, -0.25) is 9.59 Å². The average molecular weight is 311 g/mol. The van der Waals surface area contributed by atoms with E-state index in [1.165, 1.54) is 5.56 Å². The predicted molar refractivity (Wildman–Crippen MR) is 90.1 cm³/mol. The number of esters is 1. The van der Waals surface area contributed by atoms with E-state index in [9.17, 15) is 9.59 Å². The topological polar surface area (TPSA) is 55.4 Å². The van der Waals surface area contributed by atoms with E-state index in [-0.39, 0.29) is 12.3 Å². The van der Waals surface area contributed by atoms with Crippen LogP contribution >= 0.6 is 0 Å². The van der Waals surface area contributed by atoms with Crippen molar-refractivity contribution in [3.8, 4) is 0 Å². The second kappa shape index (κ2) is 8.13. The molecule has 0 aliphatic carbocycles. The summed E-state index contributed by atoms with van der Waals surface area (Å²) >= 11 is 0. The van der Waals surface area contributed by atoms with Crippen molar-refractivity contribution in [2.24, 2.45) is 0 Å². The second-order valence-electron chi connectivity index (χ2n) is 5.33. The third kappa shape index (κ3) is 5.25. The van der Waals surface area contributed by atoms with Gasteiger partial charge >= 0.3 is 5.97 Å². The van der Waals surface area contributed by atoms with Crippen LogP contribution in [0.1, 0.15) is 25.0 Å². The number of aryl methyl sites for hydroxylation is 1. The SMILES string of the molecule is CCc1ccc(NC(=O)[C@H](C)OC(=O)Cc2ccccc2)cc1. The van der Waals surface area contributed by atoms with Gasteiger partial charge in [-0.2, -0.15) is 0 Å². The number of carbonyl (C=O) groups excluding carboxylic acids is 2. The van der Waals surface area contributed by atoms with Crippen LogP contribution in [0.25, 0.3) is 0 Å². The summed E-state index contributed by atoms with van der Waals surface area (Å²) < 4.78 is 5.18. The van der Waals surface area contributed by atoms with Gasteiger partial charge in [0.2, 0.25) is 0 Å². The molecule has 2 rings (SSSR count). The zero-order valence-electron chi connectivity index (χ0n) is 13.4. The molecule has 1 atom stereocenters. The van der Waals surface area contributed by atoms with E-state index in [4.69, 9.17) is 4.74 Å². The Morgan fingerprint density at radius 3 is 2.26 bits per heavy atom. The fraction of sp³-hybridized carbons (Fsp3) is 0.263. The first-order valence-electron chi connectivity index (χ1n) is 7.71. The van der Waals surface area contributed by atoms with Crippen LogP contribution < -0.4 is 5.32 Å². The minimum absolute atomic E-state index is 0.156. The molecule has 1 N–H and O–H groups in total. The third-order valence-electron chi connectivity index (χ3n) is 3.50. The Bertz CT molecular complexity index is 650. The first-order valence-corrected chi connectivity index (χ1v) is 7.71. The highest BCUT2D eigenvalue weighted by molar-refractivity contribution is 5.95. The molecular weight excluding hydrogens is 290 g/mol. The summed E-state index contributed by atoms with van der Waals surface area (Å²) in [6, 6.07) is 16.9. The van der Waals surface area contributed by atoms with Crippen molar-refractivity contribution in [2.75, 3.05) is 5.32 Å². The zero-order valence-corrected chi connectivity index (χ0v) is 13.4. The maximum atomic E-state index is 12.1.